The van der Waals surface area contributed by atoms with Crippen LogP contribution in [0.4, 0.5) is 18.9 Å². The molecule has 0 saturated heterocycles. The largest absolute Gasteiger partial charge is 0.416 e. The number of anilines is 1. The minimum Gasteiger partial charge on any atom is -0.326 e. The van der Waals surface area contributed by atoms with E-state index < -0.39 is 29.9 Å². The van der Waals surface area contributed by atoms with Gasteiger partial charge in [0.1, 0.15) is 0 Å². The molecular formula is C22H18F3N3O3. The number of nitrogens with zero attached hydrogens (tertiary/aromatic N) is 1. The summed E-state index contributed by atoms with van der Waals surface area (Å²) in [6.07, 6.45) is -2.18. The number of hydrogen-bond donors (Lipinski definition) is 2. The third kappa shape index (κ3) is 6.11. The minimum atomic E-state index is -4.54. The Morgan fingerprint density at radius 1 is 1.06 bits per heavy atom. The van der Waals surface area contributed by atoms with Gasteiger partial charge in [-0.15, -0.1) is 0 Å². The van der Waals surface area contributed by atoms with E-state index in [2.05, 4.69) is 15.8 Å². The lowest BCUT2D eigenvalue weighted by Crippen LogP contribution is -2.25. The van der Waals surface area contributed by atoms with Crippen molar-refractivity contribution in [3.8, 4) is 0 Å². The van der Waals surface area contributed by atoms with Gasteiger partial charge < -0.3 is 5.32 Å². The zero-order valence-corrected chi connectivity index (χ0v) is 16.2. The molecule has 0 radical (unpaired) electrons. The number of carbonyl (C=O) groups excluding carboxylic acids is 3. The first-order chi connectivity index (χ1) is 14.7. The number of benzene rings is 2. The third-order valence-electron chi connectivity index (χ3n) is 4.46. The van der Waals surface area contributed by atoms with Gasteiger partial charge in [-0.3, -0.25) is 14.4 Å². The molecule has 0 aromatic heterocycles. The van der Waals surface area contributed by atoms with Crippen LogP contribution in [0.15, 0.2) is 59.7 Å². The maximum absolute atomic E-state index is 13.0. The lowest BCUT2D eigenvalue weighted by Gasteiger charge is -2.12. The molecule has 1 aliphatic heterocycles. The average molecular weight is 429 g/mol. The summed E-state index contributed by atoms with van der Waals surface area (Å²) in [5.41, 5.74) is 3.36. The summed E-state index contributed by atoms with van der Waals surface area (Å²) >= 11 is 0. The van der Waals surface area contributed by atoms with Crippen LogP contribution in [0.1, 0.15) is 36.0 Å². The normalized spacial score (nSPS) is 14.2. The minimum absolute atomic E-state index is 0.145. The number of hydrogen-bond acceptors (Lipinski definition) is 4. The molecule has 2 aromatic carbocycles. The molecule has 160 valence electrons. The highest BCUT2D eigenvalue weighted by molar-refractivity contribution is 6.10. The number of rotatable bonds is 6. The maximum atomic E-state index is 13.0. The van der Waals surface area contributed by atoms with Crippen molar-refractivity contribution in [2.75, 3.05) is 5.32 Å². The van der Waals surface area contributed by atoms with Gasteiger partial charge in [-0.25, -0.2) is 5.43 Å². The predicted molar refractivity (Wildman–Crippen MR) is 109 cm³/mol. The molecule has 0 aliphatic carbocycles. The Morgan fingerprint density at radius 2 is 1.77 bits per heavy atom. The van der Waals surface area contributed by atoms with E-state index in [0.717, 1.165) is 29.5 Å². The molecule has 0 bridgehead atoms. The number of hydrazone groups is 1. The molecule has 1 heterocycles. The Hall–Kier alpha value is -3.75. The van der Waals surface area contributed by atoms with Gasteiger partial charge in [0.05, 0.1) is 17.7 Å². The van der Waals surface area contributed by atoms with Gasteiger partial charge >= 0.3 is 6.18 Å². The Labute approximate surface area is 175 Å². The fraction of sp³-hybridized carbons (Fsp3) is 0.182. The van der Waals surface area contributed by atoms with Crippen molar-refractivity contribution >= 4 is 35.1 Å². The molecule has 2 aromatic rings. The number of halogens is 3. The van der Waals surface area contributed by atoms with Crippen LogP contribution < -0.4 is 10.7 Å². The van der Waals surface area contributed by atoms with Crippen LogP contribution in [0, 0.1) is 0 Å². The van der Waals surface area contributed by atoms with Gasteiger partial charge in [0, 0.05) is 18.5 Å². The van der Waals surface area contributed by atoms with Crippen molar-refractivity contribution < 1.29 is 27.6 Å². The molecule has 9 heteroatoms. The van der Waals surface area contributed by atoms with E-state index in [9.17, 15) is 27.6 Å². The molecule has 0 spiro atoms. The van der Waals surface area contributed by atoms with Crippen molar-refractivity contribution in [3.05, 3.63) is 71.3 Å². The molecule has 31 heavy (non-hydrogen) atoms. The second-order valence-electron chi connectivity index (χ2n) is 6.78. The van der Waals surface area contributed by atoms with Crippen LogP contribution in [0.25, 0.3) is 6.08 Å². The van der Waals surface area contributed by atoms with Gasteiger partial charge in [-0.05, 0) is 35.4 Å². The SMILES string of the molecule is O=C(C=Cc1ccccc1C(F)(F)F)CC(=O)Nc1ccc(C2=NNC(=O)CC2)cc1. The van der Waals surface area contributed by atoms with Crippen LogP contribution in [-0.2, 0) is 20.6 Å². The quantitative estimate of drug-likeness (QED) is 0.539. The first kappa shape index (κ1) is 21.9. The highest BCUT2D eigenvalue weighted by Crippen LogP contribution is 2.32. The van der Waals surface area contributed by atoms with E-state index >= 15 is 0 Å². The second kappa shape index (κ2) is 9.38. The molecule has 0 saturated carbocycles. The van der Waals surface area contributed by atoms with Gasteiger partial charge in [-0.2, -0.15) is 18.3 Å². The van der Waals surface area contributed by atoms with Gasteiger partial charge in [0.15, 0.2) is 5.78 Å². The Morgan fingerprint density at radius 3 is 2.42 bits per heavy atom. The summed E-state index contributed by atoms with van der Waals surface area (Å²) in [6.45, 7) is 0. The van der Waals surface area contributed by atoms with Crippen molar-refractivity contribution in [3.63, 3.8) is 0 Å². The van der Waals surface area contributed by atoms with Gasteiger partial charge in [0.25, 0.3) is 0 Å². The highest BCUT2D eigenvalue weighted by atomic mass is 19.4. The summed E-state index contributed by atoms with van der Waals surface area (Å²) in [5.74, 6) is -1.36. The van der Waals surface area contributed by atoms with E-state index in [1.54, 1.807) is 24.3 Å². The average Bonchev–Trinajstić information content (AvgIpc) is 2.73. The van der Waals surface area contributed by atoms with E-state index in [1.807, 2.05) is 0 Å². The number of alkyl halides is 3. The third-order valence-corrected chi connectivity index (χ3v) is 4.46. The number of nitrogens with one attached hydrogen (secondary N) is 2. The Kier molecular flexibility index (Phi) is 6.64. The molecule has 2 N–H and O–H groups in total. The van der Waals surface area contributed by atoms with E-state index in [1.165, 1.54) is 18.2 Å². The van der Waals surface area contributed by atoms with Crippen LogP contribution >= 0.6 is 0 Å². The molecule has 1 aliphatic rings. The monoisotopic (exact) mass is 429 g/mol. The van der Waals surface area contributed by atoms with Crippen LogP contribution in [0.5, 0.6) is 0 Å². The van der Waals surface area contributed by atoms with Crippen LogP contribution in [0.2, 0.25) is 0 Å². The second-order valence-corrected chi connectivity index (χ2v) is 6.78. The first-order valence-corrected chi connectivity index (χ1v) is 9.35. The van der Waals surface area contributed by atoms with E-state index in [0.29, 0.717) is 18.5 Å². The fourth-order valence-electron chi connectivity index (χ4n) is 2.93. The molecule has 0 fully saturated rings. The molecule has 0 atom stereocenters. The standard InChI is InChI=1S/C22H18F3N3O3/c23-22(24,25)18-4-2-1-3-14(18)7-10-17(29)13-21(31)26-16-8-5-15(6-9-16)19-11-12-20(30)28-27-19/h1-10H,11-13H2,(H,26,31)(H,28,30). The van der Waals surface area contributed by atoms with Crippen LogP contribution in [-0.4, -0.2) is 23.3 Å². The maximum Gasteiger partial charge on any atom is 0.416 e. The summed E-state index contributed by atoms with van der Waals surface area (Å²) in [6, 6.07) is 11.6. The highest BCUT2D eigenvalue weighted by Gasteiger charge is 2.32. The number of carbonyl (C=O) groups is 3. The number of allylic oxidation sites excluding steroid dienone is 1. The summed E-state index contributed by atoms with van der Waals surface area (Å²) in [7, 11) is 0. The zero-order valence-electron chi connectivity index (χ0n) is 16.2. The van der Waals surface area contributed by atoms with Gasteiger partial charge in [-0.1, -0.05) is 36.4 Å². The molecule has 3 rings (SSSR count). The summed E-state index contributed by atoms with van der Waals surface area (Å²) < 4.78 is 38.9. The smallest absolute Gasteiger partial charge is 0.326 e. The predicted octanol–water partition coefficient (Wildman–Crippen LogP) is 3.93. The van der Waals surface area contributed by atoms with Gasteiger partial charge in [0.2, 0.25) is 11.8 Å². The summed E-state index contributed by atoms with van der Waals surface area (Å²) in [4.78, 5) is 35.2. The van der Waals surface area contributed by atoms with E-state index in [4.69, 9.17) is 0 Å². The lowest BCUT2D eigenvalue weighted by atomic mass is 10.0. The van der Waals surface area contributed by atoms with Crippen molar-refractivity contribution in [1.82, 2.24) is 5.43 Å². The van der Waals surface area contributed by atoms with Crippen molar-refractivity contribution in [2.45, 2.75) is 25.4 Å². The first-order valence-electron chi connectivity index (χ1n) is 9.35. The zero-order chi connectivity index (χ0) is 22.4. The Bertz CT molecular complexity index is 1060. The van der Waals surface area contributed by atoms with E-state index in [-0.39, 0.29) is 11.5 Å². The molecule has 2 amide bonds. The van der Waals surface area contributed by atoms with Crippen LogP contribution in [0.3, 0.4) is 0 Å². The summed E-state index contributed by atoms with van der Waals surface area (Å²) in [5, 5.41) is 6.55. The Balaban J connectivity index is 1.57. The lowest BCUT2D eigenvalue weighted by molar-refractivity contribution is -0.137. The molecule has 6 nitrogen and oxygen atoms in total. The number of amides is 2. The fourth-order valence-corrected chi connectivity index (χ4v) is 2.93. The molecular weight excluding hydrogens is 411 g/mol. The van der Waals surface area contributed by atoms with Crippen molar-refractivity contribution in [2.24, 2.45) is 5.10 Å². The topological polar surface area (TPSA) is 87.6 Å². The molecule has 0 unspecified atom stereocenters. The number of ketones is 1. The van der Waals surface area contributed by atoms with Crippen molar-refractivity contribution in [1.29, 1.82) is 0 Å².